The van der Waals surface area contributed by atoms with Crippen LogP contribution in [0.25, 0.3) is 0 Å². The van der Waals surface area contributed by atoms with Crippen molar-refractivity contribution >= 4 is 27.7 Å². The molecule has 0 amide bonds. The lowest BCUT2D eigenvalue weighted by atomic mass is 10.2. The number of halogens is 1. The minimum Gasteiger partial charge on any atom is -0.497 e. The number of rotatable bonds is 6. The molecule has 2 N–H and O–H groups in total. The van der Waals surface area contributed by atoms with Crippen LogP contribution in [0, 0.1) is 0 Å². The van der Waals surface area contributed by atoms with Gasteiger partial charge in [-0.25, -0.2) is 4.98 Å². The van der Waals surface area contributed by atoms with Crippen LogP contribution in [0.3, 0.4) is 0 Å². The molecule has 0 aliphatic carbocycles. The smallest absolute Gasteiger partial charge is 0.224 e. The first-order valence-corrected chi connectivity index (χ1v) is 7.15. The Labute approximate surface area is 126 Å². The Hall–Kier alpha value is -1.82. The Morgan fingerprint density at radius 3 is 2.60 bits per heavy atom. The molecular formula is C14H17BrN4O. The van der Waals surface area contributed by atoms with Crippen molar-refractivity contribution < 1.29 is 4.74 Å². The zero-order chi connectivity index (χ0) is 14.4. The van der Waals surface area contributed by atoms with Gasteiger partial charge in [-0.1, -0.05) is 12.1 Å². The van der Waals surface area contributed by atoms with Crippen molar-refractivity contribution in [1.29, 1.82) is 0 Å². The highest BCUT2D eigenvalue weighted by atomic mass is 79.9. The minimum atomic E-state index is 0.618. The molecule has 0 fully saturated rings. The summed E-state index contributed by atoms with van der Waals surface area (Å²) < 4.78 is 5.98. The standard InChI is InChI=1S/C14H17BrN4O/c1-3-16-14-18-9-12(15)13(19-14)17-8-10-4-6-11(20-2)7-5-10/h4-7,9H,3,8H2,1-2H3,(H2,16,17,18,19). The number of methoxy groups -OCH3 is 1. The Kier molecular flexibility index (Phi) is 5.17. The molecule has 0 radical (unpaired) electrons. The van der Waals surface area contributed by atoms with E-state index in [0.29, 0.717) is 12.5 Å². The van der Waals surface area contributed by atoms with Crippen LogP contribution in [-0.2, 0) is 6.54 Å². The lowest BCUT2D eigenvalue weighted by Crippen LogP contribution is -2.07. The first-order chi connectivity index (χ1) is 9.72. The average molecular weight is 337 g/mol. The van der Waals surface area contributed by atoms with Crippen LogP contribution in [0.5, 0.6) is 5.75 Å². The Balaban J connectivity index is 2.03. The zero-order valence-corrected chi connectivity index (χ0v) is 13.1. The SMILES string of the molecule is CCNc1ncc(Br)c(NCc2ccc(OC)cc2)n1. The van der Waals surface area contributed by atoms with Crippen LogP contribution in [-0.4, -0.2) is 23.6 Å². The fourth-order valence-electron chi connectivity index (χ4n) is 1.66. The second kappa shape index (κ2) is 7.09. The Bertz CT molecular complexity index is 560. The molecule has 2 rings (SSSR count). The lowest BCUT2D eigenvalue weighted by Gasteiger charge is -2.10. The first-order valence-electron chi connectivity index (χ1n) is 6.36. The lowest BCUT2D eigenvalue weighted by molar-refractivity contribution is 0.414. The van der Waals surface area contributed by atoms with Gasteiger partial charge in [-0.15, -0.1) is 0 Å². The molecule has 5 nitrogen and oxygen atoms in total. The molecule has 1 aromatic carbocycles. The van der Waals surface area contributed by atoms with Gasteiger partial charge in [-0.3, -0.25) is 0 Å². The van der Waals surface area contributed by atoms with E-state index < -0.39 is 0 Å². The van der Waals surface area contributed by atoms with Gasteiger partial charge in [0.1, 0.15) is 11.6 Å². The summed E-state index contributed by atoms with van der Waals surface area (Å²) in [6.45, 7) is 3.49. The molecule has 0 unspecified atom stereocenters. The molecule has 6 heteroatoms. The number of aromatic nitrogens is 2. The van der Waals surface area contributed by atoms with E-state index in [1.165, 1.54) is 0 Å². The summed E-state index contributed by atoms with van der Waals surface area (Å²) in [7, 11) is 1.66. The molecule has 1 aromatic heterocycles. The maximum absolute atomic E-state index is 5.14. The molecule has 0 saturated carbocycles. The van der Waals surface area contributed by atoms with E-state index in [0.717, 1.165) is 28.1 Å². The van der Waals surface area contributed by atoms with Crippen molar-refractivity contribution in [2.75, 3.05) is 24.3 Å². The van der Waals surface area contributed by atoms with Gasteiger partial charge in [-0.05, 0) is 40.5 Å². The van der Waals surface area contributed by atoms with Crippen LogP contribution in [0.15, 0.2) is 34.9 Å². The maximum atomic E-state index is 5.14. The van der Waals surface area contributed by atoms with Crippen molar-refractivity contribution in [3.63, 3.8) is 0 Å². The maximum Gasteiger partial charge on any atom is 0.224 e. The number of hydrogen-bond donors (Lipinski definition) is 2. The summed E-state index contributed by atoms with van der Waals surface area (Å²) in [5.41, 5.74) is 1.15. The zero-order valence-electron chi connectivity index (χ0n) is 11.5. The van der Waals surface area contributed by atoms with Gasteiger partial charge in [0.25, 0.3) is 0 Å². The highest BCUT2D eigenvalue weighted by Crippen LogP contribution is 2.21. The third-order valence-corrected chi connectivity index (χ3v) is 3.28. The van der Waals surface area contributed by atoms with E-state index in [4.69, 9.17) is 4.74 Å². The monoisotopic (exact) mass is 336 g/mol. The molecule has 106 valence electrons. The number of nitrogens with one attached hydrogen (secondary N) is 2. The highest BCUT2D eigenvalue weighted by molar-refractivity contribution is 9.10. The van der Waals surface area contributed by atoms with Crippen molar-refractivity contribution in [3.8, 4) is 5.75 Å². The number of anilines is 2. The van der Waals surface area contributed by atoms with Gasteiger partial charge >= 0.3 is 0 Å². The molecule has 2 aromatic rings. The summed E-state index contributed by atoms with van der Waals surface area (Å²) in [6.07, 6.45) is 1.74. The molecule has 20 heavy (non-hydrogen) atoms. The number of nitrogens with zero attached hydrogens (tertiary/aromatic N) is 2. The molecule has 0 saturated heterocycles. The minimum absolute atomic E-state index is 0.618. The number of benzene rings is 1. The van der Waals surface area contributed by atoms with Crippen LogP contribution < -0.4 is 15.4 Å². The summed E-state index contributed by atoms with van der Waals surface area (Å²) in [5.74, 6) is 2.24. The molecule has 0 spiro atoms. The van der Waals surface area contributed by atoms with E-state index in [-0.39, 0.29) is 0 Å². The molecule has 0 atom stereocenters. The normalized spacial score (nSPS) is 10.2. The highest BCUT2D eigenvalue weighted by Gasteiger charge is 2.04. The second-order valence-electron chi connectivity index (χ2n) is 4.12. The first kappa shape index (κ1) is 14.6. The quantitative estimate of drug-likeness (QED) is 0.847. The summed E-state index contributed by atoms with van der Waals surface area (Å²) in [6, 6.07) is 7.92. The van der Waals surface area contributed by atoms with E-state index in [2.05, 4.69) is 36.5 Å². The van der Waals surface area contributed by atoms with Crippen molar-refractivity contribution in [1.82, 2.24) is 9.97 Å². The number of ether oxygens (including phenoxy) is 1. The predicted molar refractivity (Wildman–Crippen MR) is 84.2 cm³/mol. The fraction of sp³-hybridized carbons (Fsp3) is 0.286. The Morgan fingerprint density at radius 1 is 1.20 bits per heavy atom. The van der Waals surface area contributed by atoms with Crippen molar-refractivity contribution in [2.24, 2.45) is 0 Å². The largest absolute Gasteiger partial charge is 0.497 e. The molecular weight excluding hydrogens is 320 g/mol. The van der Waals surface area contributed by atoms with E-state index >= 15 is 0 Å². The summed E-state index contributed by atoms with van der Waals surface area (Å²) >= 11 is 3.44. The third kappa shape index (κ3) is 3.84. The fourth-order valence-corrected chi connectivity index (χ4v) is 1.99. The molecule has 0 aliphatic heterocycles. The van der Waals surface area contributed by atoms with Gasteiger partial charge in [0.15, 0.2) is 0 Å². The topological polar surface area (TPSA) is 59.1 Å². The molecule has 1 heterocycles. The predicted octanol–water partition coefficient (Wildman–Crippen LogP) is 3.29. The second-order valence-corrected chi connectivity index (χ2v) is 4.98. The third-order valence-electron chi connectivity index (χ3n) is 2.70. The van der Waals surface area contributed by atoms with Gasteiger partial charge < -0.3 is 15.4 Å². The average Bonchev–Trinajstić information content (AvgIpc) is 2.48. The van der Waals surface area contributed by atoms with Gasteiger partial charge in [0.05, 0.1) is 11.6 Å². The number of hydrogen-bond acceptors (Lipinski definition) is 5. The van der Waals surface area contributed by atoms with Crippen molar-refractivity contribution in [2.45, 2.75) is 13.5 Å². The van der Waals surface area contributed by atoms with E-state index in [1.807, 2.05) is 31.2 Å². The van der Waals surface area contributed by atoms with Gasteiger partial charge in [-0.2, -0.15) is 4.98 Å². The van der Waals surface area contributed by atoms with Crippen LogP contribution in [0.4, 0.5) is 11.8 Å². The molecule has 0 aliphatic rings. The van der Waals surface area contributed by atoms with Crippen molar-refractivity contribution in [3.05, 3.63) is 40.5 Å². The van der Waals surface area contributed by atoms with Gasteiger partial charge in [0, 0.05) is 19.3 Å². The van der Waals surface area contributed by atoms with E-state index in [9.17, 15) is 0 Å². The summed E-state index contributed by atoms with van der Waals surface area (Å²) in [4.78, 5) is 8.59. The van der Waals surface area contributed by atoms with Crippen LogP contribution in [0.2, 0.25) is 0 Å². The van der Waals surface area contributed by atoms with E-state index in [1.54, 1.807) is 13.3 Å². The molecule has 0 bridgehead atoms. The summed E-state index contributed by atoms with van der Waals surface area (Å²) in [5, 5.41) is 6.38. The van der Waals surface area contributed by atoms with Gasteiger partial charge in [0.2, 0.25) is 5.95 Å². The van der Waals surface area contributed by atoms with Crippen LogP contribution in [0.1, 0.15) is 12.5 Å². The van der Waals surface area contributed by atoms with Crippen LogP contribution >= 0.6 is 15.9 Å². The Morgan fingerprint density at radius 2 is 1.95 bits per heavy atom.